The van der Waals surface area contributed by atoms with Gasteiger partial charge in [0.2, 0.25) is 0 Å². The van der Waals surface area contributed by atoms with E-state index in [1.165, 1.54) is 0 Å². The summed E-state index contributed by atoms with van der Waals surface area (Å²) < 4.78 is 3.42. The standard InChI is InChI=1S/C16H17N5O/c1-19(16(22)15-8-11-20(2)18-15)12-13-4-6-14(7-5-13)21-10-3-9-17-21/h3-11H,12H2,1-2H3. The normalized spacial score (nSPS) is 10.6. The van der Waals surface area contributed by atoms with Gasteiger partial charge >= 0.3 is 0 Å². The van der Waals surface area contributed by atoms with Gasteiger partial charge in [-0.05, 0) is 29.8 Å². The lowest BCUT2D eigenvalue weighted by molar-refractivity contribution is 0.0778. The molecule has 2 aromatic heterocycles. The number of amides is 1. The molecule has 2 heterocycles. The third-order valence-corrected chi connectivity index (χ3v) is 3.40. The van der Waals surface area contributed by atoms with Gasteiger partial charge in [0, 0.05) is 39.2 Å². The zero-order chi connectivity index (χ0) is 15.5. The van der Waals surface area contributed by atoms with E-state index in [4.69, 9.17) is 0 Å². The summed E-state index contributed by atoms with van der Waals surface area (Å²) in [6.07, 6.45) is 5.40. The summed E-state index contributed by atoms with van der Waals surface area (Å²) in [5.41, 5.74) is 2.51. The van der Waals surface area contributed by atoms with Gasteiger partial charge in [-0.15, -0.1) is 0 Å². The first kappa shape index (κ1) is 14.1. The number of aromatic nitrogens is 4. The van der Waals surface area contributed by atoms with Crippen LogP contribution in [0.15, 0.2) is 55.0 Å². The van der Waals surface area contributed by atoms with E-state index < -0.39 is 0 Å². The molecule has 0 spiro atoms. The molecule has 6 nitrogen and oxygen atoms in total. The third-order valence-electron chi connectivity index (χ3n) is 3.40. The maximum atomic E-state index is 12.3. The molecule has 22 heavy (non-hydrogen) atoms. The van der Waals surface area contributed by atoms with Crippen LogP contribution in [-0.2, 0) is 13.6 Å². The van der Waals surface area contributed by atoms with Gasteiger partial charge in [-0.25, -0.2) is 4.68 Å². The second-order valence-corrected chi connectivity index (χ2v) is 5.15. The predicted molar refractivity (Wildman–Crippen MR) is 82.6 cm³/mol. The van der Waals surface area contributed by atoms with Crippen LogP contribution in [-0.4, -0.2) is 37.4 Å². The molecule has 0 atom stereocenters. The lowest BCUT2D eigenvalue weighted by atomic mass is 10.2. The van der Waals surface area contributed by atoms with Crippen molar-refractivity contribution in [2.45, 2.75) is 6.54 Å². The van der Waals surface area contributed by atoms with Crippen LogP contribution in [0.3, 0.4) is 0 Å². The topological polar surface area (TPSA) is 56.0 Å². The molecule has 0 saturated carbocycles. The van der Waals surface area contributed by atoms with Crippen LogP contribution >= 0.6 is 0 Å². The van der Waals surface area contributed by atoms with Gasteiger partial charge in [0.25, 0.3) is 5.91 Å². The number of benzene rings is 1. The minimum absolute atomic E-state index is 0.0863. The molecule has 0 saturated heterocycles. The zero-order valence-corrected chi connectivity index (χ0v) is 12.5. The van der Waals surface area contributed by atoms with Crippen molar-refractivity contribution in [2.24, 2.45) is 7.05 Å². The quantitative estimate of drug-likeness (QED) is 0.738. The van der Waals surface area contributed by atoms with Gasteiger partial charge in [-0.1, -0.05) is 12.1 Å². The number of aryl methyl sites for hydroxylation is 1. The number of rotatable bonds is 4. The second kappa shape index (κ2) is 5.85. The maximum Gasteiger partial charge on any atom is 0.274 e. The van der Waals surface area contributed by atoms with Crippen LogP contribution in [0.25, 0.3) is 5.69 Å². The smallest absolute Gasteiger partial charge is 0.274 e. The first-order valence-corrected chi connectivity index (χ1v) is 6.97. The molecule has 1 amide bonds. The van der Waals surface area contributed by atoms with Crippen molar-refractivity contribution in [3.05, 3.63) is 66.2 Å². The van der Waals surface area contributed by atoms with Crippen LogP contribution in [0.4, 0.5) is 0 Å². The van der Waals surface area contributed by atoms with Crippen molar-refractivity contribution in [3.8, 4) is 5.69 Å². The van der Waals surface area contributed by atoms with Crippen LogP contribution in [0.2, 0.25) is 0 Å². The highest BCUT2D eigenvalue weighted by Crippen LogP contribution is 2.11. The number of carbonyl (C=O) groups is 1. The van der Waals surface area contributed by atoms with E-state index in [9.17, 15) is 4.79 Å². The van der Waals surface area contributed by atoms with Gasteiger partial charge in [0.15, 0.2) is 0 Å². The van der Waals surface area contributed by atoms with E-state index in [2.05, 4.69) is 10.2 Å². The molecule has 0 aliphatic heterocycles. The Bertz CT molecular complexity index is 758. The zero-order valence-electron chi connectivity index (χ0n) is 12.5. The molecule has 1 aromatic carbocycles. The van der Waals surface area contributed by atoms with Gasteiger partial charge in [-0.2, -0.15) is 10.2 Å². The average molecular weight is 295 g/mol. The van der Waals surface area contributed by atoms with Crippen molar-refractivity contribution < 1.29 is 4.79 Å². The van der Waals surface area contributed by atoms with E-state index in [-0.39, 0.29) is 5.91 Å². The summed E-state index contributed by atoms with van der Waals surface area (Å²) >= 11 is 0. The fourth-order valence-corrected chi connectivity index (χ4v) is 2.25. The van der Waals surface area contributed by atoms with Crippen molar-refractivity contribution in [1.82, 2.24) is 24.5 Å². The molecule has 0 radical (unpaired) electrons. The van der Waals surface area contributed by atoms with E-state index in [1.54, 1.807) is 46.8 Å². The van der Waals surface area contributed by atoms with Crippen molar-refractivity contribution >= 4 is 5.91 Å². The molecule has 3 aromatic rings. The second-order valence-electron chi connectivity index (χ2n) is 5.15. The third kappa shape index (κ3) is 2.90. The van der Waals surface area contributed by atoms with Gasteiger partial charge < -0.3 is 4.90 Å². The maximum absolute atomic E-state index is 12.3. The van der Waals surface area contributed by atoms with Crippen LogP contribution in [0, 0.1) is 0 Å². The Hall–Kier alpha value is -2.89. The minimum Gasteiger partial charge on any atom is -0.336 e. The highest BCUT2D eigenvalue weighted by Gasteiger charge is 2.14. The Morgan fingerprint density at radius 3 is 2.55 bits per heavy atom. The lowest BCUT2D eigenvalue weighted by Crippen LogP contribution is -2.26. The SMILES string of the molecule is CN(Cc1ccc(-n2cccn2)cc1)C(=O)c1ccn(C)n1. The molecule has 0 aliphatic carbocycles. The molecule has 0 aliphatic rings. The Labute approximate surface area is 128 Å². The summed E-state index contributed by atoms with van der Waals surface area (Å²) in [4.78, 5) is 13.9. The molecule has 0 N–H and O–H groups in total. The summed E-state index contributed by atoms with van der Waals surface area (Å²) in [6.45, 7) is 0.537. The van der Waals surface area contributed by atoms with Crippen molar-refractivity contribution in [2.75, 3.05) is 7.05 Å². The van der Waals surface area contributed by atoms with Crippen LogP contribution < -0.4 is 0 Å². The summed E-state index contributed by atoms with van der Waals surface area (Å²) in [6, 6.07) is 11.6. The highest BCUT2D eigenvalue weighted by molar-refractivity contribution is 5.91. The van der Waals surface area contributed by atoms with Gasteiger partial charge in [-0.3, -0.25) is 9.48 Å². The fraction of sp³-hybridized carbons (Fsp3) is 0.188. The van der Waals surface area contributed by atoms with Gasteiger partial charge in [0.05, 0.1) is 5.69 Å². The minimum atomic E-state index is -0.0863. The van der Waals surface area contributed by atoms with E-state index in [1.807, 2.05) is 36.5 Å². The number of carbonyl (C=O) groups excluding carboxylic acids is 1. The monoisotopic (exact) mass is 295 g/mol. The van der Waals surface area contributed by atoms with Crippen molar-refractivity contribution in [1.29, 1.82) is 0 Å². The fourth-order valence-electron chi connectivity index (χ4n) is 2.25. The van der Waals surface area contributed by atoms with Crippen molar-refractivity contribution in [3.63, 3.8) is 0 Å². The Morgan fingerprint density at radius 2 is 1.95 bits per heavy atom. The number of hydrogen-bond donors (Lipinski definition) is 0. The molecule has 112 valence electrons. The molecule has 0 bridgehead atoms. The molecule has 3 rings (SSSR count). The summed E-state index contributed by atoms with van der Waals surface area (Å²) in [5, 5.41) is 8.32. The first-order chi connectivity index (χ1) is 10.6. The molecule has 6 heteroatoms. The molecular formula is C16H17N5O. The molecular weight excluding hydrogens is 278 g/mol. The summed E-state index contributed by atoms with van der Waals surface area (Å²) in [5.74, 6) is -0.0863. The average Bonchev–Trinajstić information content (AvgIpc) is 3.18. The van der Waals surface area contributed by atoms with E-state index in [0.717, 1.165) is 11.3 Å². The first-order valence-electron chi connectivity index (χ1n) is 6.97. The van der Waals surface area contributed by atoms with E-state index >= 15 is 0 Å². The number of hydrogen-bond acceptors (Lipinski definition) is 3. The Balaban J connectivity index is 1.69. The van der Waals surface area contributed by atoms with Crippen LogP contribution in [0.5, 0.6) is 0 Å². The van der Waals surface area contributed by atoms with Gasteiger partial charge in [0.1, 0.15) is 5.69 Å². The molecule has 0 fully saturated rings. The Morgan fingerprint density at radius 1 is 1.18 bits per heavy atom. The Kier molecular flexibility index (Phi) is 3.74. The summed E-state index contributed by atoms with van der Waals surface area (Å²) in [7, 11) is 3.57. The lowest BCUT2D eigenvalue weighted by Gasteiger charge is -2.16. The van der Waals surface area contributed by atoms with Crippen LogP contribution in [0.1, 0.15) is 16.1 Å². The largest absolute Gasteiger partial charge is 0.336 e. The number of nitrogens with zero attached hydrogens (tertiary/aromatic N) is 5. The van der Waals surface area contributed by atoms with E-state index in [0.29, 0.717) is 12.2 Å². The predicted octanol–water partition coefficient (Wildman–Crippen LogP) is 1.88. The highest BCUT2D eigenvalue weighted by atomic mass is 16.2. The molecule has 0 unspecified atom stereocenters.